The molecule has 2 aliphatic carbocycles. The molecular formula is C18H17N5O6. The molecule has 1 saturated heterocycles. The van der Waals surface area contributed by atoms with E-state index >= 15 is 0 Å². The quantitative estimate of drug-likeness (QED) is 0.455. The van der Waals surface area contributed by atoms with Crippen molar-refractivity contribution in [3.63, 3.8) is 0 Å². The highest BCUT2D eigenvalue weighted by Gasteiger charge is 2.70. The first-order valence-electron chi connectivity index (χ1n) is 9.35. The molecule has 1 aromatic rings. The average Bonchev–Trinajstić information content (AvgIpc) is 3.41. The summed E-state index contributed by atoms with van der Waals surface area (Å²) in [7, 11) is 0. The molecule has 2 heterocycles. The molecule has 2 saturated carbocycles. The largest absolute Gasteiger partial charge is 0.480 e. The van der Waals surface area contributed by atoms with Crippen molar-refractivity contribution in [2.45, 2.75) is 31.5 Å². The number of hydrogen-bond acceptors (Lipinski definition) is 8. The first kappa shape index (κ1) is 17.7. The first-order valence-corrected chi connectivity index (χ1v) is 9.35. The zero-order valence-electron chi connectivity index (χ0n) is 15.3. The normalized spacial score (nSPS) is 35.2. The van der Waals surface area contributed by atoms with Crippen LogP contribution in [0.25, 0.3) is 0 Å². The van der Waals surface area contributed by atoms with Crippen LogP contribution >= 0.6 is 0 Å². The van der Waals surface area contributed by atoms with E-state index in [1.54, 1.807) is 17.1 Å². The van der Waals surface area contributed by atoms with E-state index in [0.29, 0.717) is 12.1 Å². The van der Waals surface area contributed by atoms with Crippen molar-refractivity contribution in [3.05, 3.63) is 34.4 Å². The van der Waals surface area contributed by atoms with E-state index in [9.17, 15) is 29.6 Å². The van der Waals surface area contributed by atoms with Crippen molar-refractivity contribution in [1.82, 2.24) is 4.90 Å². The van der Waals surface area contributed by atoms with Crippen LogP contribution in [-0.4, -0.2) is 50.8 Å². The number of nitro groups is 1. The second kappa shape index (κ2) is 5.82. The van der Waals surface area contributed by atoms with Gasteiger partial charge in [-0.15, -0.1) is 0 Å². The Labute approximate surface area is 164 Å². The van der Waals surface area contributed by atoms with E-state index in [4.69, 9.17) is 0 Å². The molecule has 1 N–H and O–H groups in total. The summed E-state index contributed by atoms with van der Waals surface area (Å²) >= 11 is 0. The minimum absolute atomic E-state index is 0.0377. The van der Waals surface area contributed by atoms with Crippen LogP contribution in [0.1, 0.15) is 13.3 Å². The highest BCUT2D eigenvalue weighted by Crippen LogP contribution is 2.60. The number of carboxylic acids is 1. The molecule has 0 spiro atoms. The lowest BCUT2D eigenvalue weighted by Gasteiger charge is -2.33. The highest BCUT2D eigenvalue weighted by molar-refractivity contribution is 6.08. The Bertz CT molecular complexity index is 977. The third-order valence-corrected chi connectivity index (χ3v) is 6.76. The van der Waals surface area contributed by atoms with Gasteiger partial charge in [-0.05, 0) is 37.3 Å². The van der Waals surface area contributed by atoms with E-state index in [0.717, 1.165) is 4.90 Å². The molecule has 0 aromatic heterocycles. The molecule has 150 valence electrons. The molecule has 2 bridgehead atoms. The van der Waals surface area contributed by atoms with Gasteiger partial charge >= 0.3 is 5.97 Å². The number of rotatable bonds is 4. The van der Waals surface area contributed by atoms with Crippen LogP contribution in [0.4, 0.5) is 11.4 Å². The predicted octanol–water partition coefficient (Wildman–Crippen LogP) is 1.24. The molecule has 2 amide bonds. The second-order valence-corrected chi connectivity index (χ2v) is 7.98. The minimum Gasteiger partial charge on any atom is -0.480 e. The maximum atomic E-state index is 13.0. The van der Waals surface area contributed by atoms with Gasteiger partial charge in [0.05, 0.1) is 34.5 Å². The van der Waals surface area contributed by atoms with E-state index in [-0.39, 0.29) is 29.6 Å². The van der Waals surface area contributed by atoms with Gasteiger partial charge < -0.3 is 5.11 Å². The number of aliphatic carboxylic acids is 1. The van der Waals surface area contributed by atoms with Crippen LogP contribution in [0.2, 0.25) is 0 Å². The number of amides is 2. The topological polar surface area (TPSA) is 146 Å². The summed E-state index contributed by atoms with van der Waals surface area (Å²) in [5.74, 6) is -3.54. The highest BCUT2D eigenvalue weighted by atomic mass is 16.6. The molecule has 5 rings (SSSR count). The molecule has 7 atom stereocenters. The number of non-ortho nitro benzene ring substituents is 1. The van der Waals surface area contributed by atoms with Crippen LogP contribution in [-0.2, 0) is 14.4 Å². The summed E-state index contributed by atoms with van der Waals surface area (Å²) in [6, 6.07) is 4.26. The Hall–Kier alpha value is -3.37. The van der Waals surface area contributed by atoms with Crippen LogP contribution in [0.5, 0.6) is 0 Å². The molecule has 11 nitrogen and oxygen atoms in total. The van der Waals surface area contributed by atoms with Gasteiger partial charge in [0, 0.05) is 12.1 Å². The number of carboxylic acid groups (broad SMARTS) is 1. The van der Waals surface area contributed by atoms with Gasteiger partial charge in [0.2, 0.25) is 11.8 Å². The third kappa shape index (κ3) is 2.21. The fourth-order valence-electron chi connectivity index (χ4n) is 5.55. The standard InChI is InChI=1S/C18H17N5O6/c1-7(18(26)27)21-16(24)12-10-6-11(13(12)17(21)25)15-14(10)19-20-22(15)8-2-4-9(5-3-8)23(28)29/h2-5,7,10-15H,6H2,1H3,(H,26,27)/t7-,10-,11+,12-,13+,14+,15+/m1/s1. The van der Waals surface area contributed by atoms with Crippen molar-refractivity contribution >= 4 is 29.2 Å². The summed E-state index contributed by atoms with van der Waals surface area (Å²) < 4.78 is 0. The van der Waals surface area contributed by atoms with Gasteiger partial charge in [0.15, 0.2) is 0 Å². The number of nitro benzene ring substituents is 1. The number of imide groups is 1. The monoisotopic (exact) mass is 399 g/mol. The molecule has 0 radical (unpaired) electrons. The summed E-state index contributed by atoms with van der Waals surface area (Å²) in [4.78, 5) is 48.5. The smallest absolute Gasteiger partial charge is 0.326 e. The van der Waals surface area contributed by atoms with Crippen molar-refractivity contribution in [3.8, 4) is 0 Å². The molecule has 4 aliphatic rings. The van der Waals surface area contributed by atoms with Crippen LogP contribution in [0.3, 0.4) is 0 Å². The fraction of sp³-hybridized carbons (Fsp3) is 0.500. The van der Waals surface area contributed by atoms with E-state index in [2.05, 4.69) is 10.3 Å². The van der Waals surface area contributed by atoms with Crippen molar-refractivity contribution in [2.24, 2.45) is 34.0 Å². The minimum atomic E-state index is -1.22. The van der Waals surface area contributed by atoms with E-state index in [1.807, 2.05) is 0 Å². The zero-order chi connectivity index (χ0) is 20.6. The van der Waals surface area contributed by atoms with Crippen molar-refractivity contribution < 1.29 is 24.4 Å². The Kier molecular flexibility index (Phi) is 3.55. The number of carbonyl (C=O) groups is 3. The molecule has 1 aromatic carbocycles. The van der Waals surface area contributed by atoms with Gasteiger partial charge in [-0.2, -0.15) is 5.11 Å². The van der Waals surface area contributed by atoms with Crippen molar-refractivity contribution in [2.75, 3.05) is 5.01 Å². The molecule has 29 heavy (non-hydrogen) atoms. The lowest BCUT2D eigenvalue weighted by Crippen LogP contribution is -2.47. The molecular weight excluding hydrogens is 382 g/mol. The lowest BCUT2D eigenvalue weighted by molar-refractivity contribution is -0.384. The number of anilines is 1. The Morgan fingerprint density at radius 3 is 2.41 bits per heavy atom. The number of fused-ring (bicyclic) bond motifs is 8. The maximum absolute atomic E-state index is 13.0. The Morgan fingerprint density at radius 1 is 1.21 bits per heavy atom. The van der Waals surface area contributed by atoms with Gasteiger partial charge in [-0.3, -0.25) is 24.6 Å². The number of nitrogens with zero attached hydrogens (tertiary/aromatic N) is 5. The number of benzene rings is 1. The molecule has 11 heteroatoms. The van der Waals surface area contributed by atoms with Crippen LogP contribution < -0.4 is 5.01 Å². The maximum Gasteiger partial charge on any atom is 0.326 e. The van der Waals surface area contributed by atoms with E-state index < -0.39 is 40.6 Å². The summed E-state index contributed by atoms with van der Waals surface area (Å²) in [6.45, 7) is 1.34. The third-order valence-electron chi connectivity index (χ3n) is 6.76. The van der Waals surface area contributed by atoms with Gasteiger partial charge in [0.25, 0.3) is 5.69 Å². The predicted molar refractivity (Wildman–Crippen MR) is 95.5 cm³/mol. The second-order valence-electron chi connectivity index (χ2n) is 7.98. The summed E-state index contributed by atoms with van der Waals surface area (Å²) in [5, 5.41) is 30.4. The van der Waals surface area contributed by atoms with Crippen LogP contribution in [0.15, 0.2) is 34.6 Å². The molecule has 0 unspecified atom stereocenters. The lowest BCUT2D eigenvalue weighted by atomic mass is 9.76. The average molecular weight is 399 g/mol. The number of likely N-dealkylation sites (tertiary alicyclic amines) is 1. The first-order chi connectivity index (χ1) is 13.8. The fourth-order valence-corrected chi connectivity index (χ4v) is 5.55. The Morgan fingerprint density at radius 2 is 1.83 bits per heavy atom. The van der Waals surface area contributed by atoms with E-state index in [1.165, 1.54) is 19.1 Å². The SMILES string of the molecule is C[C@H](C(=O)O)N1C(=O)[C@@H]2[C@H]3C[C@@H]([C@@H]2C1=O)[C@H]1[C@H]3N=NN1c1ccc([N+](=O)[O-])cc1. The van der Waals surface area contributed by atoms with Crippen molar-refractivity contribution in [1.29, 1.82) is 0 Å². The molecule has 3 fully saturated rings. The summed E-state index contributed by atoms with van der Waals surface area (Å²) in [5.41, 5.74) is 0.591. The van der Waals surface area contributed by atoms with Gasteiger partial charge in [-0.25, -0.2) is 9.80 Å². The van der Waals surface area contributed by atoms with Gasteiger partial charge in [-0.1, -0.05) is 5.22 Å². The number of carbonyl (C=O) groups excluding carboxylic acids is 2. The number of hydrogen-bond donors (Lipinski definition) is 1. The molecule has 2 aliphatic heterocycles. The summed E-state index contributed by atoms with van der Waals surface area (Å²) in [6.07, 6.45) is 0.653. The van der Waals surface area contributed by atoms with Crippen LogP contribution in [0, 0.1) is 33.8 Å². The zero-order valence-corrected chi connectivity index (χ0v) is 15.3. The van der Waals surface area contributed by atoms with Gasteiger partial charge in [0.1, 0.15) is 6.04 Å². The Balaban J connectivity index is 1.45.